The molecule has 0 radical (unpaired) electrons. The minimum atomic E-state index is -1.91. The number of ether oxygens (including phenoxy) is 1. The molecule has 1 saturated carbocycles. The summed E-state index contributed by atoms with van der Waals surface area (Å²) in [5.41, 5.74) is 0.794. The Balaban J connectivity index is 1.95. The number of rotatable bonds is 6. The van der Waals surface area contributed by atoms with Crippen molar-refractivity contribution in [1.29, 1.82) is 0 Å². The maximum atomic E-state index is 12.6. The van der Waals surface area contributed by atoms with Crippen molar-refractivity contribution in [1.82, 2.24) is 0 Å². The molecule has 0 spiro atoms. The second-order valence-electron chi connectivity index (χ2n) is 11.4. The number of hydrogen-bond donors (Lipinski definition) is 1. The van der Waals surface area contributed by atoms with Gasteiger partial charge in [-0.25, -0.2) is 0 Å². The minimum Gasteiger partial charge on any atom is -0.544 e. The third kappa shape index (κ3) is 4.28. The predicted octanol–water partition coefficient (Wildman–Crippen LogP) is 7.43. The van der Waals surface area contributed by atoms with Crippen LogP contribution in [-0.2, 0) is 9.53 Å². The van der Waals surface area contributed by atoms with E-state index in [0.717, 1.165) is 48.9 Å². The Morgan fingerprint density at radius 1 is 1.06 bits per heavy atom. The highest BCUT2D eigenvalue weighted by molar-refractivity contribution is 6.74. The highest BCUT2D eigenvalue weighted by Gasteiger charge is 2.54. The van der Waals surface area contributed by atoms with Gasteiger partial charge in [0.25, 0.3) is 0 Å². The summed E-state index contributed by atoms with van der Waals surface area (Å²) in [5.74, 6) is 1.36. The zero-order valence-corrected chi connectivity index (χ0v) is 21.9. The summed E-state index contributed by atoms with van der Waals surface area (Å²) in [5, 5.41) is 11.3. The number of carbonyl (C=O) groups excluding carboxylic acids is 1. The lowest BCUT2D eigenvalue weighted by Crippen LogP contribution is -2.46. The number of aliphatic hydroxyl groups is 1. The number of benzene rings is 1. The molecule has 32 heavy (non-hydrogen) atoms. The van der Waals surface area contributed by atoms with Crippen LogP contribution < -0.4 is 4.43 Å². The number of hydrogen-bond acceptors (Lipinski definition) is 4. The highest BCUT2D eigenvalue weighted by atomic mass is 28.4. The molecule has 3 rings (SSSR count). The number of aldehydes is 1. The maximum absolute atomic E-state index is 12.6. The molecule has 2 aliphatic carbocycles. The zero-order chi connectivity index (χ0) is 23.8. The Bertz CT molecular complexity index is 899. The number of carbonyl (C=O) groups is 1. The van der Waals surface area contributed by atoms with Gasteiger partial charge < -0.3 is 19.1 Å². The highest BCUT2D eigenvalue weighted by Crippen LogP contribution is 2.58. The average molecular weight is 457 g/mol. The first kappa shape index (κ1) is 24.6. The third-order valence-electron chi connectivity index (χ3n) is 8.29. The normalized spacial score (nSPS) is 24.0. The van der Waals surface area contributed by atoms with Gasteiger partial charge in [-0.05, 0) is 72.2 Å². The van der Waals surface area contributed by atoms with E-state index in [0.29, 0.717) is 12.2 Å². The molecule has 1 N–H and O–H groups in total. The molecule has 0 saturated heterocycles. The van der Waals surface area contributed by atoms with Crippen LogP contribution in [0.2, 0.25) is 18.1 Å². The smallest absolute Gasteiger partial charge is 0.250 e. The molecule has 0 bridgehead atoms. The molecule has 176 valence electrons. The molecule has 0 heterocycles. The summed E-state index contributed by atoms with van der Waals surface area (Å²) in [4.78, 5) is 12.6. The van der Waals surface area contributed by atoms with Crippen molar-refractivity contribution < 1.29 is 19.1 Å². The monoisotopic (exact) mass is 456 g/mol. The molecular weight excluding hydrogens is 416 g/mol. The quantitative estimate of drug-likeness (QED) is 0.357. The Hall–Kier alpha value is -2.01. The van der Waals surface area contributed by atoms with Crippen molar-refractivity contribution in [3.8, 4) is 5.75 Å². The Morgan fingerprint density at radius 3 is 2.16 bits per heavy atom. The SMILES string of the molecule is COC1=C(O)C(C=O)(C2(C)CCCCC2)CC(c2ccc(O[Si](C)(C)C(C)(C)C)cc2)=C1. The van der Waals surface area contributed by atoms with Gasteiger partial charge in [-0.2, -0.15) is 0 Å². The van der Waals surface area contributed by atoms with Crippen LogP contribution >= 0.6 is 0 Å². The maximum Gasteiger partial charge on any atom is 0.250 e. The van der Waals surface area contributed by atoms with E-state index in [2.05, 4.69) is 52.9 Å². The Labute approximate surface area is 194 Å². The Kier molecular flexibility index (Phi) is 6.72. The lowest BCUT2D eigenvalue weighted by atomic mass is 9.54. The van der Waals surface area contributed by atoms with Gasteiger partial charge in [0.15, 0.2) is 5.76 Å². The van der Waals surface area contributed by atoms with Crippen LogP contribution in [-0.4, -0.2) is 26.8 Å². The van der Waals surface area contributed by atoms with Crippen molar-refractivity contribution in [3.05, 3.63) is 47.4 Å². The van der Waals surface area contributed by atoms with Gasteiger partial charge in [-0.15, -0.1) is 0 Å². The van der Waals surface area contributed by atoms with Gasteiger partial charge >= 0.3 is 0 Å². The van der Waals surface area contributed by atoms with Gasteiger partial charge in [0, 0.05) is 0 Å². The van der Waals surface area contributed by atoms with Crippen LogP contribution in [0.5, 0.6) is 5.75 Å². The number of allylic oxidation sites excluding steroid dienone is 3. The molecule has 1 atom stereocenters. The van der Waals surface area contributed by atoms with E-state index in [4.69, 9.17) is 9.16 Å². The van der Waals surface area contributed by atoms with Crippen molar-refractivity contribution in [3.63, 3.8) is 0 Å². The largest absolute Gasteiger partial charge is 0.544 e. The van der Waals surface area contributed by atoms with Crippen LogP contribution in [0.4, 0.5) is 0 Å². The zero-order valence-electron chi connectivity index (χ0n) is 20.9. The molecule has 0 aromatic heterocycles. The standard InChI is InChI=1S/C27H40O4Si/c1-25(2,3)32(6,7)31-22-13-11-20(12-14-22)21-17-23(30-5)24(29)27(18-21,19-28)26(4)15-9-8-10-16-26/h11-14,17,19,29H,8-10,15-16,18H2,1-7H3. The second kappa shape index (κ2) is 8.73. The lowest BCUT2D eigenvalue weighted by molar-refractivity contribution is -0.124. The van der Waals surface area contributed by atoms with E-state index < -0.39 is 13.7 Å². The van der Waals surface area contributed by atoms with Crippen LogP contribution in [0.15, 0.2) is 41.9 Å². The first-order valence-corrected chi connectivity index (χ1v) is 14.7. The van der Waals surface area contributed by atoms with E-state index in [9.17, 15) is 9.90 Å². The van der Waals surface area contributed by atoms with Crippen LogP contribution in [0.25, 0.3) is 5.57 Å². The third-order valence-corrected chi connectivity index (χ3v) is 12.6. The molecule has 2 aliphatic rings. The fourth-order valence-corrected chi connectivity index (χ4v) is 5.96. The summed E-state index contributed by atoms with van der Waals surface area (Å²) in [6.45, 7) is 13.3. The summed E-state index contributed by atoms with van der Waals surface area (Å²) in [6, 6.07) is 8.16. The molecule has 5 heteroatoms. The minimum absolute atomic E-state index is 0.0843. The molecular formula is C27H40O4Si. The van der Waals surface area contributed by atoms with Crippen molar-refractivity contribution in [2.45, 2.75) is 84.4 Å². The topological polar surface area (TPSA) is 55.8 Å². The molecule has 4 nitrogen and oxygen atoms in total. The van der Waals surface area contributed by atoms with E-state index in [1.165, 1.54) is 6.42 Å². The molecule has 0 amide bonds. The van der Waals surface area contributed by atoms with E-state index in [1.807, 2.05) is 18.2 Å². The van der Waals surface area contributed by atoms with E-state index in [-0.39, 0.29) is 16.2 Å². The van der Waals surface area contributed by atoms with Gasteiger partial charge in [0.05, 0.1) is 12.5 Å². The van der Waals surface area contributed by atoms with Gasteiger partial charge in [-0.1, -0.05) is 59.1 Å². The fourth-order valence-electron chi connectivity index (χ4n) is 4.92. The fraction of sp³-hybridized carbons (Fsp3) is 0.593. The van der Waals surface area contributed by atoms with Crippen LogP contribution in [0.3, 0.4) is 0 Å². The van der Waals surface area contributed by atoms with Crippen LogP contribution in [0, 0.1) is 10.8 Å². The van der Waals surface area contributed by atoms with Gasteiger partial charge in [-0.3, -0.25) is 0 Å². The molecule has 1 aromatic rings. The van der Waals surface area contributed by atoms with Crippen molar-refractivity contribution in [2.75, 3.05) is 7.11 Å². The molecule has 1 aromatic carbocycles. The Morgan fingerprint density at radius 2 is 1.66 bits per heavy atom. The van der Waals surface area contributed by atoms with Crippen molar-refractivity contribution in [2.24, 2.45) is 10.8 Å². The lowest BCUT2D eigenvalue weighted by Gasteiger charge is -2.49. The summed E-state index contributed by atoms with van der Waals surface area (Å²) < 4.78 is 12.0. The summed E-state index contributed by atoms with van der Waals surface area (Å²) >= 11 is 0. The summed E-state index contributed by atoms with van der Waals surface area (Å²) in [7, 11) is -0.356. The first-order chi connectivity index (χ1) is 14.9. The molecule has 1 unspecified atom stereocenters. The molecule has 0 aliphatic heterocycles. The first-order valence-electron chi connectivity index (χ1n) is 11.8. The second-order valence-corrected chi connectivity index (χ2v) is 16.1. The van der Waals surface area contributed by atoms with Crippen LogP contribution in [0.1, 0.15) is 71.8 Å². The van der Waals surface area contributed by atoms with Crippen molar-refractivity contribution >= 4 is 20.2 Å². The number of aliphatic hydroxyl groups excluding tert-OH is 1. The van der Waals surface area contributed by atoms with E-state index in [1.54, 1.807) is 7.11 Å². The van der Waals surface area contributed by atoms with Gasteiger partial charge in [0.2, 0.25) is 8.32 Å². The van der Waals surface area contributed by atoms with Gasteiger partial charge in [0.1, 0.15) is 17.8 Å². The van der Waals surface area contributed by atoms with E-state index >= 15 is 0 Å². The molecule has 1 fully saturated rings. The average Bonchev–Trinajstić information content (AvgIpc) is 2.74. The number of methoxy groups -OCH3 is 1. The summed E-state index contributed by atoms with van der Waals surface area (Å²) in [6.07, 6.45) is 8.55. The predicted molar refractivity (Wildman–Crippen MR) is 133 cm³/mol.